The Bertz CT molecular complexity index is 1680. The summed E-state index contributed by atoms with van der Waals surface area (Å²) in [6.45, 7) is 21.2. The molecule has 0 bridgehead atoms. The molecule has 4 aromatic rings. The Morgan fingerprint density at radius 2 is 1.28 bits per heavy atom. The van der Waals surface area contributed by atoms with Crippen molar-refractivity contribution < 1.29 is 51.4 Å². The number of rotatable bonds is 12. The smallest absolute Gasteiger partial charge is 0.796 e. The first kappa shape index (κ1) is 62.6. The largest absolute Gasteiger partial charge is 1.00 e. The van der Waals surface area contributed by atoms with E-state index >= 15 is 0 Å². The molecule has 0 aliphatic rings. The minimum atomic E-state index is 0. The van der Waals surface area contributed by atoms with E-state index in [1.165, 1.54) is 5.56 Å². The normalized spacial score (nSPS) is 9.88. The average Bonchev–Trinajstić information content (AvgIpc) is 3.23. The summed E-state index contributed by atoms with van der Waals surface area (Å²) in [5, 5.41) is 3.08. The Balaban J connectivity index is -0.000000312. The predicted molar refractivity (Wildman–Crippen MR) is 255 cm³/mol. The van der Waals surface area contributed by atoms with Crippen molar-refractivity contribution in [3.63, 3.8) is 0 Å². The van der Waals surface area contributed by atoms with Gasteiger partial charge in [0.15, 0.2) is 11.6 Å². The molecule has 4 rings (SSSR count). The van der Waals surface area contributed by atoms with Crippen LogP contribution in [0.2, 0.25) is 0 Å². The molecule has 0 amide bonds. The van der Waals surface area contributed by atoms with E-state index in [-0.39, 0.29) is 66.2 Å². The maximum absolute atomic E-state index is 4.71. The van der Waals surface area contributed by atoms with E-state index in [4.69, 9.17) is 4.98 Å². The number of nitrogens with one attached hydrogen (secondary N) is 1. The monoisotopic (exact) mass is 811 g/mol. The number of nitrogens with zero attached hydrogens (tertiary/aromatic N) is 4. The number of aryl methyl sites for hydroxylation is 1. The number of hydrogen-bond acceptors (Lipinski definition) is 6. The zero-order valence-electron chi connectivity index (χ0n) is 36.4. The molecule has 0 aliphatic carbocycles. The standard InChI is InChI=1S/C29H31N4.C8H11N.C6H10.C2H6.C2H2.CH4S.CH4.CH3.K/c1-6-8-9-10-12-15-23(4)33(22(3)7-2)27-20-18-26(19-21-27)29-31-24(5)30-28(32-29)25-16-13-11-14-17-25;1-9-7-8-5-3-2-4-6-8;1-3-5-6-4-2;3*1-2;;;/h8-9,11-21H,4,6,10H2,1-3,5H3;2-6,9H,7H2,1H3;3-6H,1-2H3;1-2H3;1-2H;2H,1H3;1H4;1H3;/q-1;;;;;;;-1;+1/p-1/b9-8-,15-12?;;5-3-,6-4-;;;;;;. The fraction of sp³-hybridized carbons (Fsp3) is 0.280. The second-order valence-corrected chi connectivity index (χ2v) is 10.7. The molecule has 0 saturated heterocycles. The molecule has 0 spiro atoms. The van der Waals surface area contributed by atoms with E-state index in [1.807, 2.05) is 140 Å². The van der Waals surface area contributed by atoms with Crippen molar-refractivity contribution in [1.82, 2.24) is 20.3 Å². The van der Waals surface area contributed by atoms with Crippen molar-refractivity contribution in [2.75, 3.05) is 18.2 Å². The topological polar surface area (TPSA) is 53.9 Å². The molecule has 0 unspecified atom stereocenters. The van der Waals surface area contributed by atoms with Gasteiger partial charge in [-0.15, -0.1) is 12.8 Å². The van der Waals surface area contributed by atoms with Crippen molar-refractivity contribution in [2.24, 2.45) is 0 Å². The summed E-state index contributed by atoms with van der Waals surface area (Å²) < 4.78 is 0. The van der Waals surface area contributed by atoms with Gasteiger partial charge >= 0.3 is 51.4 Å². The average molecular weight is 812 g/mol. The van der Waals surface area contributed by atoms with Gasteiger partial charge in [-0.25, -0.2) is 15.0 Å². The second-order valence-electron chi connectivity index (χ2n) is 10.7. The van der Waals surface area contributed by atoms with Crippen molar-refractivity contribution in [2.45, 2.75) is 82.2 Å². The van der Waals surface area contributed by atoms with Crippen LogP contribution in [0.3, 0.4) is 0 Å². The summed E-state index contributed by atoms with van der Waals surface area (Å²) in [5.41, 5.74) is 6.14. The number of benzene rings is 3. The van der Waals surface area contributed by atoms with Crippen LogP contribution in [0.1, 0.15) is 80.1 Å². The Morgan fingerprint density at radius 3 is 1.72 bits per heavy atom. The van der Waals surface area contributed by atoms with E-state index in [0.717, 1.165) is 47.6 Å². The molecule has 1 aromatic heterocycles. The van der Waals surface area contributed by atoms with Crippen LogP contribution in [0, 0.1) is 33.3 Å². The number of aromatic nitrogens is 3. The molecule has 0 radical (unpaired) electrons. The Kier molecular flexibility index (Phi) is 47.8. The van der Waals surface area contributed by atoms with Crippen LogP contribution in [-0.2, 0) is 19.2 Å². The Hall–Kier alpha value is -3.58. The molecule has 7 heteroatoms. The van der Waals surface area contributed by atoms with Crippen molar-refractivity contribution >= 4 is 18.3 Å². The molecule has 0 fully saturated rings. The van der Waals surface area contributed by atoms with Gasteiger partial charge in [-0.05, 0) is 76.6 Å². The van der Waals surface area contributed by atoms with Crippen LogP contribution in [0.5, 0.6) is 0 Å². The maximum atomic E-state index is 4.71. The quantitative estimate of drug-likeness (QED) is 0.0384. The first-order chi connectivity index (χ1) is 26.4. The number of hydrogen-bond donors (Lipinski definition) is 1. The van der Waals surface area contributed by atoms with Gasteiger partial charge in [0.25, 0.3) is 0 Å². The SMILES string of the molecule is C.C#C.C/C=C\C=C/C.C=C(C=CC/C=C\CC)N(C(C)=[C-]C)c1ccc(-c2nc(C)nc(-c3ccccc3)n2)cc1.CC.CNCc1ccccc1.C[S-].[CH3-].[K+]. The molecule has 1 N–H and O–H groups in total. The molecule has 3 aromatic carbocycles. The first-order valence-corrected chi connectivity index (χ1v) is 19.1. The molecule has 0 atom stereocenters. The van der Waals surface area contributed by atoms with Crippen molar-refractivity contribution in [3.05, 3.63) is 176 Å². The number of allylic oxidation sites excluding steroid dienone is 10. The van der Waals surface area contributed by atoms with Gasteiger partial charge in [-0.2, -0.15) is 18.9 Å². The fourth-order valence-electron chi connectivity index (χ4n) is 4.42. The van der Waals surface area contributed by atoms with Crippen LogP contribution in [-0.4, -0.2) is 28.3 Å². The van der Waals surface area contributed by atoms with Gasteiger partial charge in [0.1, 0.15) is 5.82 Å². The van der Waals surface area contributed by atoms with E-state index in [9.17, 15) is 0 Å². The van der Waals surface area contributed by atoms with E-state index < -0.39 is 0 Å². The van der Waals surface area contributed by atoms with Crippen molar-refractivity contribution in [3.8, 4) is 35.6 Å². The zero-order chi connectivity index (χ0) is 41.0. The summed E-state index contributed by atoms with van der Waals surface area (Å²) in [6.07, 6.45) is 31.3. The molecular formula is C50H70KN5S-2. The third-order valence-corrected chi connectivity index (χ3v) is 6.85. The van der Waals surface area contributed by atoms with Crippen LogP contribution < -0.4 is 61.6 Å². The predicted octanol–water partition coefficient (Wildman–Crippen LogP) is 10.5. The maximum Gasteiger partial charge on any atom is 1.00 e. The third kappa shape index (κ3) is 27.6. The molecule has 1 heterocycles. The molecule has 57 heavy (non-hydrogen) atoms. The Labute approximate surface area is 398 Å². The summed E-state index contributed by atoms with van der Waals surface area (Å²) >= 11 is 4.08. The van der Waals surface area contributed by atoms with E-state index in [2.05, 4.69) is 114 Å². The molecular weight excluding hydrogens is 742 g/mol. The zero-order valence-corrected chi connectivity index (χ0v) is 40.3. The summed E-state index contributed by atoms with van der Waals surface area (Å²) in [4.78, 5) is 15.9. The van der Waals surface area contributed by atoms with Crippen LogP contribution in [0.15, 0.2) is 152 Å². The summed E-state index contributed by atoms with van der Waals surface area (Å²) in [5.74, 6) is 2.04. The van der Waals surface area contributed by atoms with E-state index in [1.54, 1.807) is 6.26 Å². The second kappa shape index (κ2) is 43.5. The Morgan fingerprint density at radius 1 is 0.807 bits per heavy atom. The van der Waals surface area contributed by atoms with Crippen molar-refractivity contribution in [1.29, 1.82) is 0 Å². The van der Waals surface area contributed by atoms with Crippen LogP contribution >= 0.6 is 0 Å². The molecule has 0 saturated carbocycles. The molecule has 0 aliphatic heterocycles. The molecule has 304 valence electrons. The van der Waals surface area contributed by atoms with Gasteiger partial charge in [-0.3, -0.25) is 0 Å². The van der Waals surface area contributed by atoms with E-state index in [0.29, 0.717) is 17.5 Å². The first-order valence-electron chi connectivity index (χ1n) is 18.2. The van der Waals surface area contributed by atoms with Gasteiger partial charge in [-0.1, -0.05) is 145 Å². The number of terminal acetylenes is 1. The van der Waals surface area contributed by atoms with Gasteiger partial charge in [0.2, 0.25) is 0 Å². The number of anilines is 1. The third-order valence-electron chi connectivity index (χ3n) is 6.85. The van der Waals surface area contributed by atoms with Gasteiger partial charge < -0.3 is 36.3 Å². The van der Waals surface area contributed by atoms with Crippen LogP contribution in [0.4, 0.5) is 5.69 Å². The summed E-state index contributed by atoms with van der Waals surface area (Å²) in [6, 6.07) is 28.5. The van der Waals surface area contributed by atoms with Gasteiger partial charge in [0, 0.05) is 29.1 Å². The molecule has 5 nitrogen and oxygen atoms in total. The fourth-order valence-corrected chi connectivity index (χ4v) is 4.42. The minimum Gasteiger partial charge on any atom is -0.796 e. The van der Waals surface area contributed by atoms with Gasteiger partial charge in [0.05, 0.1) is 0 Å². The summed E-state index contributed by atoms with van der Waals surface area (Å²) in [7, 11) is 1.95. The minimum absolute atomic E-state index is 0. The van der Waals surface area contributed by atoms with Crippen LogP contribution in [0.25, 0.3) is 22.8 Å².